The average Bonchev–Trinajstić information content (AvgIpc) is 3.66. The summed E-state index contributed by atoms with van der Waals surface area (Å²) < 4.78 is 0. The van der Waals surface area contributed by atoms with Crippen LogP contribution in [0.3, 0.4) is 0 Å². The van der Waals surface area contributed by atoms with Gasteiger partial charge in [0, 0.05) is 100 Å². The van der Waals surface area contributed by atoms with E-state index in [1.165, 1.54) is 0 Å². The molecule has 0 aliphatic carbocycles. The van der Waals surface area contributed by atoms with Gasteiger partial charge in [-0.05, 0) is 68.4 Å². The number of carbonyl (C=O) groups is 5. The van der Waals surface area contributed by atoms with Gasteiger partial charge in [-0.15, -0.1) is 0 Å². The number of anilines is 3. The Morgan fingerprint density at radius 3 is 2.34 bits per heavy atom. The molecule has 5 amide bonds. The highest BCUT2D eigenvalue weighted by molar-refractivity contribution is 6.33. The summed E-state index contributed by atoms with van der Waals surface area (Å²) in [7, 11) is 0. The van der Waals surface area contributed by atoms with Gasteiger partial charge in [-0.2, -0.15) is 0 Å². The minimum atomic E-state index is -0.982. The molecular formula is C42H45ClN10O5. The number of nitrogens with zero attached hydrogens (tertiary/aromatic N) is 9. The third-order valence-corrected chi connectivity index (χ3v) is 13.4. The molecule has 58 heavy (non-hydrogen) atoms. The highest BCUT2D eigenvalue weighted by atomic mass is 35.5. The number of amides is 5. The first-order valence-corrected chi connectivity index (χ1v) is 20.5. The maximum atomic E-state index is 13.4. The van der Waals surface area contributed by atoms with E-state index in [4.69, 9.17) is 18.2 Å². The molecular weight excluding hydrogens is 760 g/mol. The molecule has 6 aliphatic rings. The summed E-state index contributed by atoms with van der Waals surface area (Å²) in [5.74, 6) is -0.900. The Kier molecular flexibility index (Phi) is 9.80. The number of benzene rings is 2. The molecule has 2 atom stereocenters. The molecule has 0 bridgehead atoms. The van der Waals surface area contributed by atoms with Crippen LogP contribution in [-0.4, -0.2) is 132 Å². The fourth-order valence-electron chi connectivity index (χ4n) is 9.81. The van der Waals surface area contributed by atoms with Crippen molar-refractivity contribution in [3.8, 4) is 0 Å². The molecule has 3 aromatic rings. The average molecular weight is 805 g/mol. The predicted octanol–water partition coefficient (Wildman–Crippen LogP) is 3.86. The minimum absolute atomic E-state index is 0.0839. The van der Waals surface area contributed by atoms with Crippen molar-refractivity contribution < 1.29 is 24.0 Å². The minimum Gasteiger partial charge on any atom is -0.371 e. The Labute approximate surface area is 341 Å². The number of carbonyl (C=O) groups excluding carboxylic acids is 5. The quantitative estimate of drug-likeness (QED) is 0.275. The summed E-state index contributed by atoms with van der Waals surface area (Å²) in [6.07, 6.45) is 6.74. The molecule has 2 aromatic carbocycles. The van der Waals surface area contributed by atoms with E-state index in [1.807, 2.05) is 29.2 Å². The van der Waals surface area contributed by atoms with Crippen molar-refractivity contribution in [2.24, 2.45) is 11.3 Å². The lowest BCUT2D eigenvalue weighted by molar-refractivity contribution is -0.136. The molecule has 7 heterocycles. The van der Waals surface area contributed by atoms with Crippen molar-refractivity contribution in [2.45, 2.75) is 51.1 Å². The number of halogens is 1. The van der Waals surface area contributed by atoms with E-state index in [-0.39, 0.29) is 35.3 Å². The van der Waals surface area contributed by atoms with Gasteiger partial charge in [-0.3, -0.25) is 39.1 Å². The molecule has 1 aromatic heterocycles. The molecule has 15 nitrogen and oxygen atoms in total. The Morgan fingerprint density at radius 1 is 0.914 bits per heavy atom. The van der Waals surface area contributed by atoms with E-state index in [1.54, 1.807) is 24.5 Å². The van der Waals surface area contributed by atoms with Crippen LogP contribution in [0, 0.1) is 17.9 Å². The molecule has 1 spiro atoms. The maximum Gasteiger partial charge on any atom is 0.274 e. The van der Waals surface area contributed by atoms with Gasteiger partial charge in [0.25, 0.3) is 17.7 Å². The number of piperidine rings is 2. The Morgan fingerprint density at radius 2 is 1.66 bits per heavy atom. The van der Waals surface area contributed by atoms with Crippen LogP contribution >= 0.6 is 11.6 Å². The molecule has 6 aliphatic heterocycles. The van der Waals surface area contributed by atoms with Gasteiger partial charge in [0.15, 0.2) is 0 Å². The van der Waals surface area contributed by atoms with Crippen molar-refractivity contribution in [1.29, 1.82) is 0 Å². The summed E-state index contributed by atoms with van der Waals surface area (Å²) in [5.41, 5.74) is 3.54. The van der Waals surface area contributed by atoms with Crippen LogP contribution in [0.2, 0.25) is 5.02 Å². The predicted molar refractivity (Wildman–Crippen MR) is 216 cm³/mol. The zero-order valence-corrected chi connectivity index (χ0v) is 33.2. The number of rotatable bonds is 7. The van der Waals surface area contributed by atoms with Crippen molar-refractivity contribution in [3.63, 3.8) is 0 Å². The first-order chi connectivity index (χ1) is 28.0. The zero-order chi connectivity index (χ0) is 40.3. The summed E-state index contributed by atoms with van der Waals surface area (Å²) in [6.45, 7) is 17.6. The van der Waals surface area contributed by atoms with E-state index < -0.39 is 29.7 Å². The SMILES string of the molecule is [C-]#[N+]c1ccc(N2CC3(CCN(c4cnc(C(=O)N5CCN(CC6CN(c7ccc8c(c7)C(=O)N(C7CCC(=O)NC7=O)C8=O)C6)CC5)cn4)CC3)C[C@@H]2C)cc1Cl. The first-order valence-electron chi connectivity index (χ1n) is 20.1. The van der Waals surface area contributed by atoms with Gasteiger partial charge < -0.3 is 19.6 Å². The molecule has 0 saturated carbocycles. The fraction of sp³-hybridized carbons (Fsp3) is 0.476. The molecule has 1 N–H and O–H groups in total. The van der Waals surface area contributed by atoms with E-state index in [2.05, 4.69) is 46.7 Å². The normalized spacial score (nSPS) is 23.6. The number of aromatic nitrogens is 2. The van der Waals surface area contributed by atoms with E-state index in [0.717, 1.165) is 93.7 Å². The van der Waals surface area contributed by atoms with Crippen LogP contribution in [-0.2, 0) is 9.59 Å². The number of nitrogens with one attached hydrogen (secondary N) is 1. The summed E-state index contributed by atoms with van der Waals surface area (Å²) in [5, 5.41) is 2.73. The molecule has 16 heteroatoms. The third kappa shape index (κ3) is 6.91. The highest BCUT2D eigenvalue weighted by Gasteiger charge is 2.46. The Bertz CT molecular complexity index is 2220. The van der Waals surface area contributed by atoms with Crippen molar-refractivity contribution in [1.82, 2.24) is 30.0 Å². The Hall–Kier alpha value is -5.59. The second kappa shape index (κ2) is 15.0. The molecule has 300 valence electrons. The second-order valence-electron chi connectivity index (χ2n) is 16.7. The Balaban J connectivity index is 0.721. The van der Waals surface area contributed by atoms with Gasteiger partial charge >= 0.3 is 0 Å². The van der Waals surface area contributed by atoms with Gasteiger partial charge in [0.05, 0.1) is 30.1 Å². The molecule has 5 fully saturated rings. The van der Waals surface area contributed by atoms with Crippen LogP contribution < -0.4 is 20.0 Å². The standard InChI is InChI=1S/C42H45ClN10O5/c1-26-19-42(25-52(26)29-4-6-33(44-2)32(43)18-29)9-11-49(12-10-42)36-21-45-34(20-46-36)41(58)50-15-13-48(14-16-50)22-27-23-51(24-27)28-3-5-30-31(17-28)40(57)53(39(30)56)35-7-8-37(54)47-38(35)55/h3-6,17-18,20-21,26-27,35H,7-16,19,22-25H2,1H3,(H,47,54,55)/t26-,35?/m0/s1. The monoisotopic (exact) mass is 804 g/mol. The molecule has 9 rings (SSSR count). The molecule has 1 unspecified atom stereocenters. The molecule has 0 radical (unpaired) electrons. The highest BCUT2D eigenvalue weighted by Crippen LogP contribution is 2.46. The number of hydrogen-bond acceptors (Lipinski definition) is 11. The lowest BCUT2D eigenvalue weighted by Gasteiger charge is -2.44. The van der Waals surface area contributed by atoms with Crippen molar-refractivity contribution >= 4 is 64.0 Å². The van der Waals surface area contributed by atoms with Crippen LogP contribution in [0.5, 0.6) is 0 Å². The largest absolute Gasteiger partial charge is 0.371 e. The number of piperazine rings is 1. The number of fused-ring (bicyclic) bond motifs is 1. The zero-order valence-electron chi connectivity index (χ0n) is 32.4. The molecule has 5 saturated heterocycles. The maximum absolute atomic E-state index is 13.4. The van der Waals surface area contributed by atoms with Crippen LogP contribution in [0.4, 0.5) is 22.9 Å². The van der Waals surface area contributed by atoms with Gasteiger partial charge in [0.1, 0.15) is 17.6 Å². The topological polar surface area (TPSA) is 147 Å². The van der Waals surface area contributed by atoms with Gasteiger partial charge in [0.2, 0.25) is 17.5 Å². The summed E-state index contributed by atoms with van der Waals surface area (Å²) in [6, 6.07) is 10.4. The third-order valence-electron chi connectivity index (χ3n) is 13.1. The van der Waals surface area contributed by atoms with Crippen LogP contribution in [0.15, 0.2) is 48.8 Å². The number of hydrogen-bond donors (Lipinski definition) is 1. The van der Waals surface area contributed by atoms with E-state index in [9.17, 15) is 24.0 Å². The lowest BCUT2D eigenvalue weighted by Crippen LogP contribution is -2.55. The van der Waals surface area contributed by atoms with Crippen molar-refractivity contribution in [2.75, 3.05) is 80.1 Å². The number of imide groups is 2. The second-order valence-corrected chi connectivity index (χ2v) is 17.1. The van der Waals surface area contributed by atoms with E-state index >= 15 is 0 Å². The van der Waals surface area contributed by atoms with Gasteiger partial charge in [-0.25, -0.2) is 14.8 Å². The summed E-state index contributed by atoms with van der Waals surface area (Å²) in [4.78, 5) is 88.6. The first kappa shape index (κ1) is 38.0. The smallest absolute Gasteiger partial charge is 0.274 e. The van der Waals surface area contributed by atoms with E-state index in [0.29, 0.717) is 41.5 Å². The van der Waals surface area contributed by atoms with Crippen LogP contribution in [0.25, 0.3) is 4.85 Å². The fourth-order valence-corrected chi connectivity index (χ4v) is 10.0. The van der Waals surface area contributed by atoms with Crippen molar-refractivity contribution in [3.05, 3.63) is 82.1 Å². The lowest BCUT2D eigenvalue weighted by atomic mass is 9.77. The van der Waals surface area contributed by atoms with Gasteiger partial charge in [-0.1, -0.05) is 17.7 Å². The van der Waals surface area contributed by atoms with Crippen LogP contribution in [0.1, 0.15) is 70.2 Å². The summed E-state index contributed by atoms with van der Waals surface area (Å²) >= 11 is 6.37.